The van der Waals surface area contributed by atoms with Crippen molar-refractivity contribution in [3.05, 3.63) is 0 Å². The highest BCUT2D eigenvalue weighted by Crippen LogP contribution is 2.32. The summed E-state index contributed by atoms with van der Waals surface area (Å²) >= 11 is 0. The third-order valence-electron chi connectivity index (χ3n) is 4.67. The second-order valence-electron chi connectivity index (χ2n) is 5.98. The highest BCUT2D eigenvalue weighted by atomic mass is 16.5. The molecular formula is C14H27NO2. The van der Waals surface area contributed by atoms with E-state index >= 15 is 0 Å². The van der Waals surface area contributed by atoms with Crippen molar-refractivity contribution >= 4 is 0 Å². The molecule has 0 aromatic carbocycles. The summed E-state index contributed by atoms with van der Waals surface area (Å²) < 4.78 is 5.42. The highest BCUT2D eigenvalue weighted by Gasteiger charge is 2.34. The van der Waals surface area contributed by atoms with Gasteiger partial charge in [0.2, 0.25) is 0 Å². The minimum atomic E-state index is 0.102. The van der Waals surface area contributed by atoms with Crippen molar-refractivity contribution in [2.45, 2.75) is 51.0 Å². The molecule has 0 aromatic heterocycles. The topological polar surface area (TPSA) is 32.7 Å². The monoisotopic (exact) mass is 241 g/mol. The van der Waals surface area contributed by atoms with Gasteiger partial charge >= 0.3 is 0 Å². The minimum Gasteiger partial charge on any atom is -0.396 e. The molecular weight excluding hydrogens is 214 g/mol. The fourth-order valence-corrected chi connectivity index (χ4v) is 3.35. The SMILES string of the molecule is CN(CC1(CO)CCOCC1)C1CCCCC1. The molecule has 1 aliphatic heterocycles. The fourth-order valence-electron chi connectivity index (χ4n) is 3.35. The summed E-state index contributed by atoms with van der Waals surface area (Å²) in [5.41, 5.74) is 0.102. The molecule has 0 amide bonds. The maximum Gasteiger partial charge on any atom is 0.0501 e. The largest absolute Gasteiger partial charge is 0.396 e. The van der Waals surface area contributed by atoms with Crippen LogP contribution in [0.25, 0.3) is 0 Å². The Kier molecular flexibility index (Phi) is 4.83. The number of rotatable bonds is 4. The Balaban J connectivity index is 1.88. The second kappa shape index (κ2) is 6.17. The maximum atomic E-state index is 9.71. The molecule has 0 aromatic rings. The Morgan fingerprint density at radius 2 is 1.82 bits per heavy atom. The lowest BCUT2D eigenvalue weighted by atomic mass is 9.80. The molecule has 100 valence electrons. The Bertz CT molecular complexity index is 220. The first kappa shape index (κ1) is 13.3. The normalized spacial score (nSPS) is 26.3. The van der Waals surface area contributed by atoms with E-state index in [0.29, 0.717) is 6.61 Å². The third-order valence-corrected chi connectivity index (χ3v) is 4.67. The molecule has 1 saturated heterocycles. The van der Waals surface area contributed by atoms with Crippen LogP contribution in [0.15, 0.2) is 0 Å². The fraction of sp³-hybridized carbons (Fsp3) is 1.00. The molecule has 0 spiro atoms. The van der Waals surface area contributed by atoms with E-state index < -0.39 is 0 Å². The smallest absolute Gasteiger partial charge is 0.0501 e. The summed E-state index contributed by atoms with van der Waals surface area (Å²) in [6.07, 6.45) is 8.88. The molecule has 2 aliphatic rings. The van der Waals surface area contributed by atoms with E-state index in [0.717, 1.165) is 38.6 Å². The Morgan fingerprint density at radius 3 is 2.41 bits per heavy atom. The Hall–Kier alpha value is -0.120. The zero-order chi connectivity index (χ0) is 12.1. The van der Waals surface area contributed by atoms with E-state index in [-0.39, 0.29) is 5.41 Å². The summed E-state index contributed by atoms with van der Waals surface area (Å²) in [7, 11) is 2.24. The molecule has 2 rings (SSSR count). The molecule has 0 atom stereocenters. The van der Waals surface area contributed by atoms with Gasteiger partial charge in [-0.05, 0) is 32.7 Å². The van der Waals surface area contributed by atoms with Crippen LogP contribution in [0.1, 0.15) is 44.9 Å². The average Bonchev–Trinajstić information content (AvgIpc) is 2.41. The van der Waals surface area contributed by atoms with Gasteiger partial charge in [-0.15, -0.1) is 0 Å². The second-order valence-corrected chi connectivity index (χ2v) is 5.98. The van der Waals surface area contributed by atoms with E-state index in [2.05, 4.69) is 11.9 Å². The first-order chi connectivity index (χ1) is 8.26. The predicted octanol–water partition coefficient (Wildman–Crippen LogP) is 2.04. The summed E-state index contributed by atoms with van der Waals surface area (Å²) in [6, 6.07) is 0.745. The van der Waals surface area contributed by atoms with Crippen LogP contribution >= 0.6 is 0 Å². The lowest BCUT2D eigenvalue weighted by molar-refractivity contribution is -0.0382. The molecule has 0 bridgehead atoms. The van der Waals surface area contributed by atoms with E-state index in [9.17, 15) is 5.11 Å². The van der Waals surface area contributed by atoms with Crippen LogP contribution in [0.5, 0.6) is 0 Å². The van der Waals surface area contributed by atoms with Crippen LogP contribution < -0.4 is 0 Å². The minimum absolute atomic E-state index is 0.102. The van der Waals surface area contributed by atoms with Crippen LogP contribution in [0, 0.1) is 5.41 Å². The summed E-state index contributed by atoms with van der Waals surface area (Å²) in [5, 5.41) is 9.71. The van der Waals surface area contributed by atoms with Gasteiger partial charge in [0.1, 0.15) is 0 Å². The summed E-state index contributed by atoms with van der Waals surface area (Å²) in [4.78, 5) is 2.50. The van der Waals surface area contributed by atoms with Gasteiger partial charge in [0.15, 0.2) is 0 Å². The molecule has 3 nitrogen and oxygen atoms in total. The van der Waals surface area contributed by atoms with Gasteiger partial charge < -0.3 is 14.7 Å². The Morgan fingerprint density at radius 1 is 1.18 bits per heavy atom. The van der Waals surface area contributed by atoms with Crippen LogP contribution in [0.4, 0.5) is 0 Å². The van der Waals surface area contributed by atoms with Gasteiger partial charge in [-0.25, -0.2) is 0 Å². The molecule has 3 heteroatoms. The number of nitrogens with zero attached hydrogens (tertiary/aromatic N) is 1. The number of ether oxygens (including phenoxy) is 1. The lowest BCUT2D eigenvalue weighted by Crippen LogP contribution is -2.46. The molecule has 2 fully saturated rings. The van der Waals surface area contributed by atoms with E-state index in [4.69, 9.17) is 4.74 Å². The predicted molar refractivity (Wildman–Crippen MR) is 69.1 cm³/mol. The quantitative estimate of drug-likeness (QED) is 0.817. The van der Waals surface area contributed by atoms with Gasteiger partial charge in [-0.1, -0.05) is 19.3 Å². The van der Waals surface area contributed by atoms with Gasteiger partial charge in [0.25, 0.3) is 0 Å². The molecule has 0 radical (unpaired) electrons. The Labute approximate surface area is 105 Å². The van der Waals surface area contributed by atoms with Crippen molar-refractivity contribution in [2.24, 2.45) is 5.41 Å². The first-order valence-corrected chi connectivity index (χ1v) is 7.15. The molecule has 17 heavy (non-hydrogen) atoms. The number of hydrogen-bond donors (Lipinski definition) is 1. The third kappa shape index (κ3) is 3.43. The van der Waals surface area contributed by atoms with Crippen molar-refractivity contribution in [1.82, 2.24) is 4.90 Å². The summed E-state index contributed by atoms with van der Waals surface area (Å²) in [6.45, 7) is 2.99. The standard InChI is InChI=1S/C14H27NO2/c1-15(13-5-3-2-4-6-13)11-14(12-16)7-9-17-10-8-14/h13,16H,2-12H2,1H3. The van der Waals surface area contributed by atoms with Gasteiger partial charge in [0, 0.05) is 31.2 Å². The molecule has 1 aliphatic carbocycles. The van der Waals surface area contributed by atoms with E-state index in [1.807, 2.05) is 0 Å². The van der Waals surface area contributed by atoms with Crippen LogP contribution in [-0.4, -0.2) is 49.5 Å². The van der Waals surface area contributed by atoms with Crippen molar-refractivity contribution < 1.29 is 9.84 Å². The van der Waals surface area contributed by atoms with Gasteiger partial charge in [0.05, 0.1) is 6.61 Å². The number of aliphatic hydroxyl groups is 1. The van der Waals surface area contributed by atoms with Crippen molar-refractivity contribution in [2.75, 3.05) is 33.4 Å². The average molecular weight is 241 g/mol. The van der Waals surface area contributed by atoms with Gasteiger partial charge in [-0.2, -0.15) is 0 Å². The zero-order valence-electron chi connectivity index (χ0n) is 11.2. The summed E-state index contributed by atoms with van der Waals surface area (Å²) in [5.74, 6) is 0. The molecule has 0 unspecified atom stereocenters. The van der Waals surface area contributed by atoms with Crippen molar-refractivity contribution in [3.63, 3.8) is 0 Å². The maximum absolute atomic E-state index is 9.71. The number of aliphatic hydroxyl groups excluding tert-OH is 1. The molecule has 1 saturated carbocycles. The van der Waals surface area contributed by atoms with E-state index in [1.54, 1.807) is 0 Å². The number of hydrogen-bond acceptors (Lipinski definition) is 3. The molecule has 1 N–H and O–H groups in total. The van der Waals surface area contributed by atoms with Crippen LogP contribution in [-0.2, 0) is 4.74 Å². The van der Waals surface area contributed by atoms with Crippen molar-refractivity contribution in [1.29, 1.82) is 0 Å². The highest BCUT2D eigenvalue weighted by molar-refractivity contribution is 4.86. The zero-order valence-corrected chi connectivity index (χ0v) is 11.2. The van der Waals surface area contributed by atoms with E-state index in [1.165, 1.54) is 32.1 Å². The first-order valence-electron chi connectivity index (χ1n) is 7.15. The lowest BCUT2D eigenvalue weighted by Gasteiger charge is -2.42. The molecule has 1 heterocycles. The van der Waals surface area contributed by atoms with Crippen molar-refractivity contribution in [3.8, 4) is 0 Å². The van der Waals surface area contributed by atoms with Crippen LogP contribution in [0.2, 0.25) is 0 Å². The van der Waals surface area contributed by atoms with Crippen LogP contribution in [0.3, 0.4) is 0 Å². The van der Waals surface area contributed by atoms with Gasteiger partial charge in [-0.3, -0.25) is 0 Å².